The van der Waals surface area contributed by atoms with E-state index in [0.717, 1.165) is 24.3 Å². The van der Waals surface area contributed by atoms with Crippen LogP contribution in [0.15, 0.2) is 30.3 Å². The van der Waals surface area contributed by atoms with Crippen LogP contribution in [0.25, 0.3) is 0 Å². The lowest BCUT2D eigenvalue weighted by molar-refractivity contribution is -0.464. The van der Waals surface area contributed by atoms with Crippen molar-refractivity contribution in [2.75, 3.05) is 0 Å². The normalized spacial score (nSPS) is 16.5. The summed E-state index contributed by atoms with van der Waals surface area (Å²) in [6, 6.07) is 4.83. The lowest BCUT2D eigenvalue weighted by Gasteiger charge is -2.43. The first-order valence-electron chi connectivity index (χ1n) is 8.18. The first kappa shape index (κ1) is 30.0. The number of aliphatic hydroxyl groups excluding tert-OH is 1. The van der Waals surface area contributed by atoms with E-state index in [-0.39, 0.29) is 0 Å². The third-order valence-corrected chi connectivity index (χ3v) is 4.44. The van der Waals surface area contributed by atoms with Crippen LogP contribution in [0.3, 0.4) is 0 Å². The van der Waals surface area contributed by atoms with Crippen molar-refractivity contribution in [2.45, 2.75) is 60.2 Å². The third-order valence-electron chi connectivity index (χ3n) is 4.44. The van der Waals surface area contributed by atoms with E-state index in [4.69, 9.17) is 0 Å². The van der Waals surface area contributed by atoms with Crippen molar-refractivity contribution in [3.05, 3.63) is 35.9 Å². The van der Waals surface area contributed by atoms with E-state index in [2.05, 4.69) is 0 Å². The molecule has 0 fully saturated rings. The fourth-order valence-electron chi connectivity index (χ4n) is 2.35. The highest BCUT2D eigenvalue weighted by atomic mass is 19.4. The summed E-state index contributed by atoms with van der Waals surface area (Å²) < 4.78 is 224. The smallest absolute Gasteiger partial charge is 0.386 e. The predicted octanol–water partition coefficient (Wildman–Crippen LogP) is 6.60. The minimum atomic E-state index is -8.69. The van der Waals surface area contributed by atoms with Gasteiger partial charge in [-0.15, -0.1) is 0 Å². The van der Waals surface area contributed by atoms with Crippen LogP contribution in [0.2, 0.25) is 0 Å². The maximum Gasteiger partial charge on any atom is 0.460 e. The molecular formula is C16H9F17O. The standard InChI is InChI=1S/C16H9F17O/c17-9(18,8(34)6-7-4-2-1-3-5-7)10(19,20)11(21,22)12(23,24)13(25,26)14(27,28)15(29,30)16(31,32)33/h1-5,8,34H,6H2. The molecule has 198 valence electrons. The Morgan fingerprint density at radius 2 is 0.824 bits per heavy atom. The van der Waals surface area contributed by atoms with Gasteiger partial charge in [0.1, 0.15) is 6.10 Å². The van der Waals surface area contributed by atoms with Gasteiger partial charge in [0.15, 0.2) is 0 Å². The monoisotopic (exact) mass is 540 g/mol. The molecule has 0 radical (unpaired) electrons. The van der Waals surface area contributed by atoms with E-state index in [1.807, 2.05) is 0 Å². The van der Waals surface area contributed by atoms with Crippen LogP contribution in [0.1, 0.15) is 5.56 Å². The lowest BCUT2D eigenvalue weighted by atomic mass is 9.86. The minimum Gasteiger partial charge on any atom is -0.386 e. The number of benzene rings is 1. The molecule has 0 spiro atoms. The largest absolute Gasteiger partial charge is 0.460 e. The zero-order chi connectivity index (χ0) is 27.4. The Kier molecular flexibility index (Phi) is 7.32. The van der Waals surface area contributed by atoms with Gasteiger partial charge in [0.25, 0.3) is 0 Å². The molecule has 0 saturated heterocycles. The Morgan fingerprint density at radius 1 is 0.500 bits per heavy atom. The van der Waals surface area contributed by atoms with Gasteiger partial charge in [0.2, 0.25) is 0 Å². The Hall–Kier alpha value is -2.01. The second-order valence-electron chi connectivity index (χ2n) is 6.77. The van der Waals surface area contributed by atoms with Crippen molar-refractivity contribution in [3.63, 3.8) is 0 Å². The molecule has 0 aliphatic rings. The molecule has 0 aromatic heterocycles. The van der Waals surface area contributed by atoms with E-state index in [1.54, 1.807) is 0 Å². The molecule has 1 atom stereocenters. The summed E-state index contributed by atoms with van der Waals surface area (Å²) in [4.78, 5) is 0. The maximum absolute atomic E-state index is 13.8. The molecular weight excluding hydrogens is 531 g/mol. The van der Waals surface area contributed by atoms with E-state index >= 15 is 0 Å². The van der Waals surface area contributed by atoms with E-state index < -0.39 is 65.7 Å². The van der Waals surface area contributed by atoms with Crippen molar-refractivity contribution in [1.29, 1.82) is 0 Å². The van der Waals surface area contributed by atoms with E-state index in [1.165, 1.54) is 6.07 Å². The van der Waals surface area contributed by atoms with Gasteiger partial charge < -0.3 is 5.11 Å². The Labute approximate surface area is 177 Å². The zero-order valence-corrected chi connectivity index (χ0v) is 15.5. The highest BCUT2D eigenvalue weighted by Crippen LogP contribution is 2.64. The van der Waals surface area contributed by atoms with Crippen LogP contribution in [0.4, 0.5) is 74.6 Å². The molecule has 1 rings (SSSR count). The molecule has 34 heavy (non-hydrogen) atoms. The van der Waals surface area contributed by atoms with Gasteiger partial charge in [-0.2, -0.15) is 74.6 Å². The zero-order valence-electron chi connectivity index (χ0n) is 15.5. The number of hydrogen-bond donors (Lipinski definition) is 1. The van der Waals surface area contributed by atoms with Crippen LogP contribution in [0, 0.1) is 0 Å². The number of alkyl halides is 17. The van der Waals surface area contributed by atoms with Crippen molar-refractivity contribution in [1.82, 2.24) is 0 Å². The number of rotatable bonds is 9. The molecule has 0 saturated carbocycles. The number of halogens is 17. The third kappa shape index (κ3) is 4.04. The van der Waals surface area contributed by atoms with Crippen molar-refractivity contribution in [3.8, 4) is 0 Å². The van der Waals surface area contributed by atoms with E-state index in [9.17, 15) is 79.7 Å². The Morgan fingerprint density at radius 3 is 1.18 bits per heavy atom. The molecule has 0 heterocycles. The minimum absolute atomic E-state index is 0.540. The van der Waals surface area contributed by atoms with Crippen molar-refractivity contribution in [2.24, 2.45) is 0 Å². The first-order valence-corrected chi connectivity index (χ1v) is 8.18. The second kappa shape index (κ2) is 8.29. The molecule has 0 amide bonds. The molecule has 1 N–H and O–H groups in total. The van der Waals surface area contributed by atoms with Crippen LogP contribution in [0.5, 0.6) is 0 Å². The van der Waals surface area contributed by atoms with Gasteiger partial charge in [-0.25, -0.2) is 0 Å². The summed E-state index contributed by atoms with van der Waals surface area (Å²) in [5.41, 5.74) is -0.540. The van der Waals surface area contributed by atoms with Gasteiger partial charge in [-0.1, -0.05) is 30.3 Å². The predicted molar refractivity (Wildman–Crippen MR) is 76.8 cm³/mol. The Bertz CT molecular complexity index is 843. The van der Waals surface area contributed by atoms with Gasteiger partial charge >= 0.3 is 47.6 Å². The van der Waals surface area contributed by atoms with Crippen LogP contribution < -0.4 is 0 Å². The molecule has 1 aromatic carbocycles. The van der Waals surface area contributed by atoms with Crippen molar-refractivity contribution < 1.29 is 79.7 Å². The molecule has 1 aromatic rings. The fourth-order valence-corrected chi connectivity index (χ4v) is 2.35. The molecule has 1 nitrogen and oxygen atoms in total. The average Bonchev–Trinajstić information content (AvgIpc) is 2.66. The molecule has 0 aliphatic carbocycles. The van der Waals surface area contributed by atoms with Gasteiger partial charge in [-0.3, -0.25) is 0 Å². The summed E-state index contributed by atoms with van der Waals surface area (Å²) >= 11 is 0. The summed E-state index contributed by atoms with van der Waals surface area (Å²) in [6.45, 7) is 0. The van der Waals surface area contributed by atoms with Crippen LogP contribution in [-0.2, 0) is 6.42 Å². The number of hydrogen-bond acceptors (Lipinski definition) is 1. The number of aliphatic hydroxyl groups is 1. The summed E-state index contributed by atoms with van der Waals surface area (Å²) in [5, 5.41) is 9.18. The highest BCUT2D eigenvalue weighted by molar-refractivity contribution is 5.19. The van der Waals surface area contributed by atoms with Gasteiger partial charge in [0.05, 0.1) is 0 Å². The molecule has 18 heteroatoms. The van der Waals surface area contributed by atoms with Crippen LogP contribution in [-0.4, -0.2) is 58.8 Å². The lowest BCUT2D eigenvalue weighted by Crippen LogP contribution is -2.75. The van der Waals surface area contributed by atoms with Crippen molar-refractivity contribution >= 4 is 0 Å². The van der Waals surface area contributed by atoms with Crippen LogP contribution >= 0.6 is 0 Å². The second-order valence-corrected chi connectivity index (χ2v) is 6.77. The molecule has 0 bridgehead atoms. The molecule has 0 aliphatic heterocycles. The highest BCUT2D eigenvalue weighted by Gasteiger charge is 2.95. The SMILES string of the molecule is OC(Cc1ccccc1)C(F)(F)C(F)(F)C(F)(F)C(F)(F)C(F)(F)C(F)(F)C(F)(F)C(F)(F)F. The maximum atomic E-state index is 13.8. The summed E-state index contributed by atoms with van der Waals surface area (Å²) in [7, 11) is 0. The summed E-state index contributed by atoms with van der Waals surface area (Å²) in [6.07, 6.45) is -13.6. The molecule has 1 unspecified atom stereocenters. The average molecular weight is 540 g/mol. The van der Waals surface area contributed by atoms with E-state index in [0.29, 0.717) is 0 Å². The topological polar surface area (TPSA) is 20.2 Å². The van der Waals surface area contributed by atoms with Gasteiger partial charge in [0, 0.05) is 6.42 Å². The Balaban J connectivity index is 3.56. The fraction of sp³-hybridized carbons (Fsp3) is 0.625. The quantitative estimate of drug-likeness (QED) is 0.350. The first-order chi connectivity index (χ1) is 14.7. The summed E-state index contributed by atoms with van der Waals surface area (Å²) in [5.74, 6) is -57.3. The van der Waals surface area contributed by atoms with Gasteiger partial charge in [-0.05, 0) is 5.56 Å².